The standard InChI is InChI=1S/C25H23ClN2O4S2/c1-16(17-7-5-4-6-8-17)27-25(29)24-14-18-13-19(9-12-23(18)33-24)28(2)34(30,31)20-10-11-22(32-3)21(26)15-20/h4-16H,1-3H3,(H,27,29)/t16-/m1/s1. The van der Waals surface area contributed by atoms with E-state index in [0.29, 0.717) is 16.3 Å². The molecular weight excluding hydrogens is 492 g/mol. The topological polar surface area (TPSA) is 75.7 Å². The number of hydrogen-bond donors (Lipinski definition) is 1. The normalized spacial score (nSPS) is 12.4. The summed E-state index contributed by atoms with van der Waals surface area (Å²) < 4.78 is 33.5. The van der Waals surface area contributed by atoms with E-state index in [1.165, 1.54) is 48.0 Å². The molecule has 0 aliphatic carbocycles. The van der Waals surface area contributed by atoms with Crippen molar-refractivity contribution < 1.29 is 17.9 Å². The number of ether oxygens (including phenoxy) is 1. The van der Waals surface area contributed by atoms with Gasteiger partial charge in [0, 0.05) is 11.7 Å². The molecule has 1 amide bonds. The summed E-state index contributed by atoms with van der Waals surface area (Å²) in [6.45, 7) is 1.93. The van der Waals surface area contributed by atoms with E-state index in [1.807, 2.05) is 43.3 Å². The van der Waals surface area contributed by atoms with Gasteiger partial charge in [-0.25, -0.2) is 8.42 Å². The number of fused-ring (bicyclic) bond motifs is 1. The molecule has 34 heavy (non-hydrogen) atoms. The van der Waals surface area contributed by atoms with Gasteiger partial charge in [0.1, 0.15) is 5.75 Å². The lowest BCUT2D eigenvalue weighted by Gasteiger charge is -2.20. The quantitative estimate of drug-likeness (QED) is 0.334. The number of carbonyl (C=O) groups excluding carboxylic acids is 1. The summed E-state index contributed by atoms with van der Waals surface area (Å²) >= 11 is 7.49. The number of halogens is 1. The maximum Gasteiger partial charge on any atom is 0.264 e. The second kappa shape index (κ2) is 9.66. The molecule has 0 fully saturated rings. The minimum Gasteiger partial charge on any atom is -0.495 e. The minimum absolute atomic E-state index is 0.0566. The predicted octanol–water partition coefficient (Wildman–Crippen LogP) is 5.88. The highest BCUT2D eigenvalue weighted by Crippen LogP contribution is 2.33. The van der Waals surface area contributed by atoms with Gasteiger partial charge in [-0.2, -0.15) is 0 Å². The van der Waals surface area contributed by atoms with Crippen molar-refractivity contribution in [3.8, 4) is 5.75 Å². The molecule has 9 heteroatoms. The number of benzene rings is 3. The van der Waals surface area contributed by atoms with E-state index in [4.69, 9.17) is 16.3 Å². The Morgan fingerprint density at radius 1 is 1.06 bits per heavy atom. The van der Waals surface area contributed by atoms with Gasteiger partial charge in [0.2, 0.25) is 0 Å². The molecule has 4 aromatic rings. The van der Waals surface area contributed by atoms with Crippen LogP contribution in [0.1, 0.15) is 28.2 Å². The van der Waals surface area contributed by atoms with E-state index in [-0.39, 0.29) is 21.9 Å². The van der Waals surface area contributed by atoms with Gasteiger partial charge < -0.3 is 10.1 Å². The fourth-order valence-electron chi connectivity index (χ4n) is 3.54. The Labute approximate surface area is 207 Å². The predicted molar refractivity (Wildman–Crippen MR) is 138 cm³/mol. The van der Waals surface area contributed by atoms with Gasteiger partial charge in [-0.05, 0) is 60.3 Å². The monoisotopic (exact) mass is 514 g/mol. The number of nitrogens with one attached hydrogen (secondary N) is 1. The molecule has 1 atom stereocenters. The van der Waals surface area contributed by atoms with Crippen LogP contribution in [0.25, 0.3) is 10.1 Å². The van der Waals surface area contributed by atoms with Crippen LogP contribution in [-0.4, -0.2) is 28.5 Å². The first-order valence-electron chi connectivity index (χ1n) is 10.4. The first kappa shape index (κ1) is 24.1. The van der Waals surface area contributed by atoms with Gasteiger partial charge in [-0.3, -0.25) is 9.10 Å². The molecule has 0 saturated carbocycles. The number of carbonyl (C=O) groups is 1. The second-order valence-electron chi connectivity index (χ2n) is 7.71. The highest BCUT2D eigenvalue weighted by Gasteiger charge is 2.23. The number of sulfonamides is 1. The highest BCUT2D eigenvalue weighted by molar-refractivity contribution is 7.92. The molecule has 1 heterocycles. The van der Waals surface area contributed by atoms with Crippen LogP contribution in [0.4, 0.5) is 5.69 Å². The Morgan fingerprint density at radius 2 is 1.79 bits per heavy atom. The van der Waals surface area contributed by atoms with Gasteiger partial charge in [-0.15, -0.1) is 11.3 Å². The maximum absolute atomic E-state index is 13.2. The van der Waals surface area contributed by atoms with Gasteiger partial charge in [-0.1, -0.05) is 41.9 Å². The van der Waals surface area contributed by atoms with Gasteiger partial charge in [0.15, 0.2) is 0 Å². The molecule has 0 saturated heterocycles. The molecule has 4 rings (SSSR count). The Hall–Kier alpha value is -3.07. The van der Waals surface area contributed by atoms with Crippen LogP contribution >= 0.6 is 22.9 Å². The second-order valence-corrected chi connectivity index (χ2v) is 11.2. The van der Waals surface area contributed by atoms with E-state index in [2.05, 4.69) is 5.32 Å². The summed E-state index contributed by atoms with van der Waals surface area (Å²) in [6, 6.07) is 21.0. The highest BCUT2D eigenvalue weighted by atomic mass is 35.5. The van der Waals surface area contributed by atoms with Crippen LogP contribution in [0, 0.1) is 0 Å². The maximum atomic E-state index is 13.2. The van der Waals surface area contributed by atoms with Crippen LogP contribution in [0.2, 0.25) is 5.02 Å². The Bertz CT molecular complexity index is 1450. The molecule has 176 valence electrons. The number of rotatable bonds is 7. The number of thiophene rings is 1. The molecular formula is C25H23ClN2O4S2. The zero-order valence-electron chi connectivity index (χ0n) is 18.8. The Morgan fingerprint density at radius 3 is 2.47 bits per heavy atom. The van der Waals surface area contributed by atoms with E-state index in [9.17, 15) is 13.2 Å². The van der Waals surface area contributed by atoms with Crippen molar-refractivity contribution in [2.24, 2.45) is 0 Å². The largest absolute Gasteiger partial charge is 0.495 e. The zero-order chi connectivity index (χ0) is 24.5. The number of nitrogens with zero attached hydrogens (tertiary/aromatic N) is 1. The molecule has 0 aliphatic heterocycles. The third kappa shape index (κ3) is 4.75. The molecule has 0 radical (unpaired) electrons. The van der Waals surface area contributed by atoms with Gasteiger partial charge in [0.05, 0.1) is 33.6 Å². The van der Waals surface area contributed by atoms with Crippen molar-refractivity contribution in [1.82, 2.24) is 5.32 Å². The van der Waals surface area contributed by atoms with Crippen LogP contribution < -0.4 is 14.4 Å². The van der Waals surface area contributed by atoms with E-state index in [0.717, 1.165) is 15.6 Å². The summed E-state index contributed by atoms with van der Waals surface area (Å²) in [5.41, 5.74) is 1.49. The van der Waals surface area contributed by atoms with Crippen molar-refractivity contribution in [2.45, 2.75) is 17.9 Å². The molecule has 6 nitrogen and oxygen atoms in total. The summed E-state index contributed by atoms with van der Waals surface area (Å²) in [5.74, 6) is 0.225. The Balaban J connectivity index is 1.58. The van der Waals surface area contributed by atoms with E-state index >= 15 is 0 Å². The molecule has 0 unspecified atom stereocenters. The molecule has 3 aromatic carbocycles. The number of hydrogen-bond acceptors (Lipinski definition) is 5. The van der Waals surface area contributed by atoms with Gasteiger partial charge in [0.25, 0.3) is 15.9 Å². The van der Waals surface area contributed by atoms with Crippen LogP contribution in [0.5, 0.6) is 5.75 Å². The summed E-state index contributed by atoms with van der Waals surface area (Å²) in [4.78, 5) is 13.4. The van der Waals surface area contributed by atoms with Crippen molar-refractivity contribution in [3.63, 3.8) is 0 Å². The fraction of sp³-hybridized carbons (Fsp3) is 0.160. The summed E-state index contributed by atoms with van der Waals surface area (Å²) in [7, 11) is -0.898. The van der Waals surface area contributed by atoms with Crippen molar-refractivity contribution in [3.05, 3.63) is 88.3 Å². The molecule has 0 bridgehead atoms. The fourth-order valence-corrected chi connectivity index (χ4v) is 6.02. The average molecular weight is 515 g/mol. The van der Waals surface area contributed by atoms with Gasteiger partial charge >= 0.3 is 0 Å². The lowest BCUT2D eigenvalue weighted by molar-refractivity contribution is 0.0944. The minimum atomic E-state index is -3.85. The number of amides is 1. The molecule has 0 spiro atoms. The third-order valence-corrected chi connectivity index (χ3v) is 8.71. The van der Waals surface area contributed by atoms with Crippen molar-refractivity contribution >= 4 is 54.6 Å². The van der Waals surface area contributed by atoms with Crippen LogP contribution in [0.15, 0.2) is 77.7 Å². The lowest BCUT2D eigenvalue weighted by Crippen LogP contribution is -2.26. The zero-order valence-corrected chi connectivity index (χ0v) is 21.2. The SMILES string of the molecule is COc1ccc(S(=O)(=O)N(C)c2ccc3sc(C(=O)N[C@H](C)c4ccccc4)cc3c2)cc1Cl. The smallest absolute Gasteiger partial charge is 0.264 e. The first-order chi connectivity index (χ1) is 16.2. The third-order valence-electron chi connectivity index (χ3n) is 5.52. The van der Waals surface area contributed by atoms with Crippen molar-refractivity contribution in [1.29, 1.82) is 0 Å². The lowest BCUT2D eigenvalue weighted by atomic mass is 10.1. The van der Waals surface area contributed by atoms with Crippen molar-refractivity contribution in [2.75, 3.05) is 18.5 Å². The Kier molecular flexibility index (Phi) is 6.84. The average Bonchev–Trinajstić information content (AvgIpc) is 3.27. The number of anilines is 1. The van der Waals surface area contributed by atoms with E-state index < -0.39 is 10.0 Å². The first-order valence-corrected chi connectivity index (χ1v) is 13.1. The van der Waals surface area contributed by atoms with E-state index in [1.54, 1.807) is 18.2 Å². The number of methoxy groups -OCH3 is 1. The summed E-state index contributed by atoms with van der Waals surface area (Å²) in [6.07, 6.45) is 0. The van der Waals surface area contributed by atoms with Crippen LogP contribution in [-0.2, 0) is 10.0 Å². The van der Waals surface area contributed by atoms with Crippen LogP contribution in [0.3, 0.4) is 0 Å². The molecule has 1 N–H and O–H groups in total. The molecule has 1 aromatic heterocycles. The summed E-state index contributed by atoms with van der Waals surface area (Å²) in [5, 5.41) is 4.01. The molecule has 0 aliphatic rings.